The van der Waals surface area contributed by atoms with Gasteiger partial charge < -0.3 is 10.2 Å². The lowest BCUT2D eigenvalue weighted by atomic mass is 10.1. The topological polar surface area (TPSA) is 49.4 Å². The van der Waals surface area contributed by atoms with Gasteiger partial charge in [-0.2, -0.15) is 13.2 Å². The number of hydrogen-bond donors (Lipinski definition) is 1. The molecule has 2 aromatic rings. The molecule has 2 aromatic carbocycles. The van der Waals surface area contributed by atoms with Crippen LogP contribution in [0.4, 0.5) is 18.9 Å². The maximum Gasteiger partial charge on any atom is 0.416 e. The second-order valence-electron chi connectivity index (χ2n) is 6.54. The van der Waals surface area contributed by atoms with Gasteiger partial charge in [-0.3, -0.25) is 9.59 Å². The molecule has 0 spiro atoms. The highest BCUT2D eigenvalue weighted by Gasteiger charge is 2.30. The number of halogens is 3. The summed E-state index contributed by atoms with van der Waals surface area (Å²) < 4.78 is 37.7. The molecule has 0 radical (unpaired) electrons. The summed E-state index contributed by atoms with van der Waals surface area (Å²) >= 11 is 0. The minimum atomic E-state index is -4.39. The van der Waals surface area contributed by atoms with Crippen LogP contribution in [0.25, 0.3) is 0 Å². The average molecular weight is 376 g/mol. The van der Waals surface area contributed by atoms with Gasteiger partial charge in [0.1, 0.15) is 0 Å². The van der Waals surface area contributed by atoms with Crippen LogP contribution in [-0.2, 0) is 28.7 Å². The summed E-state index contributed by atoms with van der Waals surface area (Å²) in [6.45, 7) is 1.24. The number of alkyl halides is 3. The molecule has 1 N–H and O–H groups in total. The quantitative estimate of drug-likeness (QED) is 0.857. The van der Waals surface area contributed by atoms with Gasteiger partial charge in [-0.1, -0.05) is 24.3 Å². The molecule has 3 rings (SSSR count). The Hall–Kier alpha value is -2.83. The molecular formula is C20H19F3N2O2. The minimum absolute atomic E-state index is 0.0209. The van der Waals surface area contributed by atoms with Crippen LogP contribution in [-0.4, -0.2) is 23.3 Å². The number of nitrogens with zero attached hydrogens (tertiary/aromatic N) is 1. The van der Waals surface area contributed by atoms with Gasteiger partial charge in [0.2, 0.25) is 11.8 Å². The maximum absolute atomic E-state index is 12.6. The molecule has 0 aromatic heterocycles. The highest BCUT2D eigenvalue weighted by atomic mass is 19.4. The van der Waals surface area contributed by atoms with Crippen molar-refractivity contribution in [3.63, 3.8) is 0 Å². The smallest absolute Gasteiger partial charge is 0.338 e. The number of carbonyl (C=O) groups excluding carboxylic acids is 2. The van der Waals surface area contributed by atoms with Gasteiger partial charge in [0.05, 0.1) is 12.0 Å². The van der Waals surface area contributed by atoms with Crippen molar-refractivity contribution < 1.29 is 22.8 Å². The van der Waals surface area contributed by atoms with Crippen LogP contribution < -0.4 is 5.32 Å². The van der Waals surface area contributed by atoms with Gasteiger partial charge in [-0.15, -0.1) is 0 Å². The largest absolute Gasteiger partial charge is 0.416 e. The maximum atomic E-state index is 12.6. The molecule has 0 bridgehead atoms. The molecule has 1 aliphatic heterocycles. The predicted octanol–water partition coefficient (Wildman–Crippen LogP) is 4.01. The third-order valence-electron chi connectivity index (χ3n) is 4.40. The summed E-state index contributed by atoms with van der Waals surface area (Å²) in [6.07, 6.45) is -2.98. The van der Waals surface area contributed by atoms with Crippen molar-refractivity contribution in [1.82, 2.24) is 4.90 Å². The van der Waals surface area contributed by atoms with Crippen molar-refractivity contribution in [3.05, 3.63) is 65.2 Å². The van der Waals surface area contributed by atoms with Crippen molar-refractivity contribution in [2.45, 2.75) is 32.0 Å². The third-order valence-corrected chi connectivity index (χ3v) is 4.40. The van der Waals surface area contributed by atoms with Gasteiger partial charge in [-0.05, 0) is 41.8 Å². The Labute approximate surface area is 155 Å². The molecule has 7 heteroatoms. The van der Waals surface area contributed by atoms with E-state index in [1.807, 2.05) is 6.07 Å². The average Bonchev–Trinajstić information content (AvgIpc) is 2.99. The van der Waals surface area contributed by atoms with Gasteiger partial charge in [0.25, 0.3) is 0 Å². The normalized spacial score (nSPS) is 14.5. The fourth-order valence-electron chi connectivity index (χ4n) is 3.04. The van der Waals surface area contributed by atoms with E-state index in [1.165, 1.54) is 12.1 Å². The minimum Gasteiger partial charge on any atom is -0.338 e. The molecule has 0 atom stereocenters. The first-order valence-corrected chi connectivity index (χ1v) is 8.64. The molecule has 27 heavy (non-hydrogen) atoms. The standard InChI is InChI=1S/C20H19F3N2O2/c21-20(22,23)16-8-6-14(7-9-16)12-18(26)24-17-4-1-3-15(11-17)13-25-10-2-5-19(25)27/h1,3-4,6-9,11H,2,5,10,12-13H2,(H,24,26). The Morgan fingerprint density at radius 1 is 1.07 bits per heavy atom. The zero-order chi connectivity index (χ0) is 19.4. The first-order chi connectivity index (χ1) is 12.8. The van der Waals surface area contributed by atoms with E-state index in [2.05, 4.69) is 5.32 Å². The number of nitrogens with one attached hydrogen (secondary N) is 1. The van der Waals surface area contributed by atoms with E-state index < -0.39 is 11.7 Å². The van der Waals surface area contributed by atoms with E-state index in [0.29, 0.717) is 24.2 Å². The fourth-order valence-corrected chi connectivity index (χ4v) is 3.04. The van der Waals surface area contributed by atoms with Crippen LogP contribution >= 0.6 is 0 Å². The van der Waals surface area contributed by atoms with Gasteiger partial charge in [0, 0.05) is 25.2 Å². The van der Waals surface area contributed by atoms with Crippen LogP contribution in [0.2, 0.25) is 0 Å². The summed E-state index contributed by atoms with van der Waals surface area (Å²) in [5, 5.41) is 2.75. The van der Waals surface area contributed by atoms with E-state index in [1.54, 1.807) is 23.1 Å². The van der Waals surface area contributed by atoms with E-state index in [4.69, 9.17) is 0 Å². The molecule has 142 valence electrons. The molecule has 1 aliphatic rings. The summed E-state index contributed by atoms with van der Waals surface area (Å²) in [4.78, 5) is 25.7. The van der Waals surface area contributed by atoms with Gasteiger partial charge in [0.15, 0.2) is 0 Å². The van der Waals surface area contributed by atoms with Crippen LogP contribution in [0, 0.1) is 0 Å². The number of anilines is 1. The van der Waals surface area contributed by atoms with Crippen molar-refractivity contribution >= 4 is 17.5 Å². The predicted molar refractivity (Wildman–Crippen MR) is 94.9 cm³/mol. The zero-order valence-corrected chi connectivity index (χ0v) is 14.6. The zero-order valence-electron chi connectivity index (χ0n) is 14.6. The number of amides is 2. The SMILES string of the molecule is O=C(Cc1ccc(C(F)(F)F)cc1)Nc1cccc(CN2CCCC2=O)c1. The summed E-state index contributed by atoms with van der Waals surface area (Å²) in [7, 11) is 0. The Balaban J connectivity index is 1.59. The Bertz CT molecular complexity index is 832. The molecular weight excluding hydrogens is 357 g/mol. The summed E-state index contributed by atoms with van der Waals surface area (Å²) in [5.74, 6) is -0.184. The van der Waals surface area contributed by atoms with E-state index >= 15 is 0 Å². The van der Waals surface area contributed by atoms with Crippen molar-refractivity contribution in [2.75, 3.05) is 11.9 Å². The van der Waals surface area contributed by atoms with Crippen LogP contribution in [0.5, 0.6) is 0 Å². The molecule has 1 saturated heterocycles. The lowest BCUT2D eigenvalue weighted by Crippen LogP contribution is -2.23. The van der Waals surface area contributed by atoms with E-state index in [0.717, 1.165) is 30.7 Å². The first-order valence-electron chi connectivity index (χ1n) is 8.64. The second-order valence-corrected chi connectivity index (χ2v) is 6.54. The van der Waals surface area contributed by atoms with Crippen LogP contribution in [0.3, 0.4) is 0 Å². The molecule has 0 unspecified atom stereocenters. The first kappa shape index (κ1) is 18.9. The Morgan fingerprint density at radius 3 is 2.44 bits per heavy atom. The lowest BCUT2D eigenvalue weighted by molar-refractivity contribution is -0.137. The Kier molecular flexibility index (Phi) is 5.48. The van der Waals surface area contributed by atoms with Crippen LogP contribution in [0.15, 0.2) is 48.5 Å². The second kappa shape index (κ2) is 7.82. The van der Waals surface area contributed by atoms with Gasteiger partial charge in [-0.25, -0.2) is 0 Å². The lowest BCUT2D eigenvalue weighted by Gasteiger charge is -2.16. The number of rotatable bonds is 5. The highest BCUT2D eigenvalue weighted by Crippen LogP contribution is 2.29. The molecule has 1 fully saturated rings. The van der Waals surface area contributed by atoms with E-state index in [9.17, 15) is 22.8 Å². The van der Waals surface area contributed by atoms with Crippen molar-refractivity contribution in [2.24, 2.45) is 0 Å². The molecule has 2 amide bonds. The summed E-state index contributed by atoms with van der Waals surface area (Å²) in [5.41, 5.74) is 1.27. The molecule has 0 saturated carbocycles. The highest BCUT2D eigenvalue weighted by molar-refractivity contribution is 5.92. The van der Waals surface area contributed by atoms with E-state index in [-0.39, 0.29) is 18.2 Å². The number of carbonyl (C=O) groups is 2. The molecule has 0 aliphatic carbocycles. The number of hydrogen-bond acceptors (Lipinski definition) is 2. The number of benzene rings is 2. The fraction of sp³-hybridized carbons (Fsp3) is 0.300. The summed E-state index contributed by atoms with van der Waals surface area (Å²) in [6, 6.07) is 11.8. The monoisotopic (exact) mass is 376 g/mol. The molecule has 4 nitrogen and oxygen atoms in total. The van der Waals surface area contributed by atoms with Gasteiger partial charge >= 0.3 is 6.18 Å². The number of likely N-dealkylation sites (tertiary alicyclic amines) is 1. The Morgan fingerprint density at radius 2 is 1.81 bits per heavy atom. The van der Waals surface area contributed by atoms with Crippen LogP contribution in [0.1, 0.15) is 29.5 Å². The molecule has 1 heterocycles. The third kappa shape index (κ3) is 5.09. The van der Waals surface area contributed by atoms with Crippen molar-refractivity contribution in [1.29, 1.82) is 0 Å². The van der Waals surface area contributed by atoms with Crippen molar-refractivity contribution in [3.8, 4) is 0 Å².